The molecule has 1 fully saturated rings. The second-order valence-corrected chi connectivity index (χ2v) is 6.66. The van der Waals surface area contributed by atoms with Gasteiger partial charge in [-0.05, 0) is 37.1 Å². The van der Waals surface area contributed by atoms with E-state index in [0.717, 1.165) is 5.01 Å². The number of carbonyl (C=O) groups excluding carboxylic acids is 2. The quantitative estimate of drug-likeness (QED) is 0.593. The van der Waals surface area contributed by atoms with Gasteiger partial charge in [-0.3, -0.25) is 4.79 Å². The van der Waals surface area contributed by atoms with Crippen LogP contribution in [0.3, 0.4) is 0 Å². The van der Waals surface area contributed by atoms with Crippen molar-refractivity contribution in [2.75, 3.05) is 13.7 Å². The van der Waals surface area contributed by atoms with Crippen LogP contribution in [0.1, 0.15) is 25.0 Å². The number of hydrogen-bond donors (Lipinski definition) is 1. The second-order valence-electron chi connectivity index (χ2n) is 6.25. The molecule has 0 aromatic heterocycles. The molecule has 0 aliphatic carbocycles. The first-order chi connectivity index (χ1) is 13.4. The lowest BCUT2D eigenvalue weighted by atomic mass is 9.92. The molecule has 2 aromatic carbocycles. The average Bonchev–Trinajstić information content (AvgIpc) is 2.92. The van der Waals surface area contributed by atoms with Gasteiger partial charge in [0, 0.05) is 0 Å². The van der Waals surface area contributed by atoms with Gasteiger partial charge in [-0.25, -0.2) is 4.79 Å². The number of nitrogens with one attached hydrogen (secondary N) is 1. The molecule has 1 N–H and O–H groups in total. The molecule has 146 valence electrons. The summed E-state index contributed by atoms with van der Waals surface area (Å²) < 4.78 is 10.8. The summed E-state index contributed by atoms with van der Waals surface area (Å²) in [5.74, 6) is 0.390. The molecule has 1 saturated heterocycles. The number of urea groups is 1. The second kappa shape index (κ2) is 7.90. The van der Waals surface area contributed by atoms with Gasteiger partial charge in [-0.1, -0.05) is 41.9 Å². The molecule has 8 heteroatoms. The van der Waals surface area contributed by atoms with E-state index in [1.54, 1.807) is 43.3 Å². The molecular formula is C20H20ClN3O4. The number of carbonyl (C=O) groups is 2. The van der Waals surface area contributed by atoms with Crippen LogP contribution in [0.4, 0.5) is 4.79 Å². The van der Waals surface area contributed by atoms with E-state index in [9.17, 15) is 9.59 Å². The van der Waals surface area contributed by atoms with Crippen LogP contribution in [0.2, 0.25) is 5.02 Å². The Labute approximate surface area is 167 Å². The Hall–Kier alpha value is -3.06. The summed E-state index contributed by atoms with van der Waals surface area (Å²) in [4.78, 5) is 25.2. The summed E-state index contributed by atoms with van der Waals surface area (Å²) in [7, 11) is 1.50. The van der Waals surface area contributed by atoms with E-state index in [4.69, 9.17) is 21.1 Å². The summed E-state index contributed by atoms with van der Waals surface area (Å²) >= 11 is 6.24. The molecule has 0 bridgehead atoms. The Bertz CT molecular complexity index is 933. The molecule has 2 aromatic rings. The minimum absolute atomic E-state index is 0.342. The zero-order valence-corrected chi connectivity index (χ0v) is 16.5. The molecule has 0 saturated carbocycles. The smallest absolute Gasteiger partial charge is 0.346 e. The zero-order valence-electron chi connectivity index (χ0n) is 15.7. The Balaban J connectivity index is 1.88. The van der Waals surface area contributed by atoms with E-state index in [0.29, 0.717) is 34.3 Å². The lowest BCUT2D eigenvalue weighted by Crippen LogP contribution is -2.40. The first kappa shape index (κ1) is 19.7. The van der Waals surface area contributed by atoms with Crippen molar-refractivity contribution in [3.8, 4) is 11.5 Å². The van der Waals surface area contributed by atoms with E-state index >= 15 is 0 Å². The lowest BCUT2D eigenvalue weighted by Gasteiger charge is -2.20. The Morgan fingerprint density at radius 1 is 1.25 bits per heavy atom. The lowest BCUT2D eigenvalue weighted by molar-refractivity contribution is -0.131. The minimum atomic E-state index is -1.18. The van der Waals surface area contributed by atoms with E-state index in [1.807, 2.05) is 13.0 Å². The van der Waals surface area contributed by atoms with E-state index in [-0.39, 0.29) is 0 Å². The first-order valence-corrected chi connectivity index (χ1v) is 9.05. The number of amides is 3. The van der Waals surface area contributed by atoms with Crippen LogP contribution in [0, 0.1) is 0 Å². The van der Waals surface area contributed by atoms with Crippen molar-refractivity contribution < 1.29 is 19.1 Å². The number of halogens is 1. The standard InChI is InChI=1S/C20H20ClN3O4/c1-4-28-17-15(21)10-13(11-16(17)27-3)12-22-24-18(25)20(2,23-19(24)26)14-8-6-5-7-9-14/h5-12H,4H2,1-3H3,(H,23,26)/b22-12-/t20-/m1/s1. The molecule has 1 aliphatic rings. The van der Waals surface area contributed by atoms with Gasteiger partial charge in [0.05, 0.1) is 25.0 Å². The van der Waals surface area contributed by atoms with Crippen molar-refractivity contribution in [2.24, 2.45) is 5.10 Å². The molecule has 0 radical (unpaired) electrons. The number of imide groups is 1. The highest BCUT2D eigenvalue weighted by molar-refractivity contribution is 6.32. The number of rotatable bonds is 6. The molecule has 0 spiro atoms. The maximum Gasteiger partial charge on any atom is 0.346 e. The van der Waals surface area contributed by atoms with Gasteiger partial charge >= 0.3 is 6.03 Å². The average molecular weight is 402 g/mol. The Morgan fingerprint density at radius 2 is 1.96 bits per heavy atom. The molecular weight excluding hydrogens is 382 g/mol. The fourth-order valence-electron chi connectivity index (χ4n) is 2.92. The van der Waals surface area contributed by atoms with Crippen molar-refractivity contribution in [1.29, 1.82) is 0 Å². The first-order valence-electron chi connectivity index (χ1n) is 8.67. The van der Waals surface area contributed by atoms with Crippen molar-refractivity contribution >= 4 is 29.8 Å². The molecule has 3 rings (SSSR count). The monoisotopic (exact) mass is 401 g/mol. The van der Waals surface area contributed by atoms with Crippen molar-refractivity contribution in [1.82, 2.24) is 10.3 Å². The Morgan fingerprint density at radius 3 is 2.61 bits per heavy atom. The summed E-state index contributed by atoms with van der Waals surface area (Å²) in [6.45, 7) is 3.92. The van der Waals surface area contributed by atoms with Crippen LogP contribution in [0.15, 0.2) is 47.6 Å². The van der Waals surface area contributed by atoms with Gasteiger partial charge in [0.2, 0.25) is 0 Å². The third-order valence-electron chi connectivity index (χ3n) is 4.38. The van der Waals surface area contributed by atoms with E-state index in [2.05, 4.69) is 10.4 Å². The van der Waals surface area contributed by atoms with Gasteiger partial charge < -0.3 is 14.8 Å². The predicted octanol–water partition coefficient (Wildman–Crippen LogP) is 3.55. The van der Waals surface area contributed by atoms with Crippen LogP contribution in [0.5, 0.6) is 11.5 Å². The number of hydrazone groups is 1. The zero-order chi connectivity index (χ0) is 20.3. The van der Waals surface area contributed by atoms with Gasteiger partial charge in [0.15, 0.2) is 11.5 Å². The molecule has 3 amide bonds. The number of benzene rings is 2. The predicted molar refractivity (Wildman–Crippen MR) is 106 cm³/mol. The van der Waals surface area contributed by atoms with Crippen LogP contribution in [-0.4, -0.2) is 36.9 Å². The van der Waals surface area contributed by atoms with Gasteiger partial charge in [0.1, 0.15) is 5.54 Å². The van der Waals surface area contributed by atoms with Crippen LogP contribution in [-0.2, 0) is 10.3 Å². The molecule has 28 heavy (non-hydrogen) atoms. The number of ether oxygens (including phenoxy) is 2. The largest absolute Gasteiger partial charge is 0.493 e. The van der Waals surface area contributed by atoms with E-state index < -0.39 is 17.5 Å². The van der Waals surface area contributed by atoms with Crippen molar-refractivity contribution in [3.05, 3.63) is 58.6 Å². The number of methoxy groups -OCH3 is 1. The molecule has 1 atom stereocenters. The minimum Gasteiger partial charge on any atom is -0.493 e. The molecule has 1 heterocycles. The molecule has 1 aliphatic heterocycles. The fourth-order valence-corrected chi connectivity index (χ4v) is 3.19. The van der Waals surface area contributed by atoms with Gasteiger partial charge in [-0.15, -0.1) is 5.01 Å². The molecule has 7 nitrogen and oxygen atoms in total. The van der Waals surface area contributed by atoms with Crippen molar-refractivity contribution in [2.45, 2.75) is 19.4 Å². The Kier molecular flexibility index (Phi) is 5.56. The highest BCUT2D eigenvalue weighted by atomic mass is 35.5. The van der Waals surface area contributed by atoms with Crippen LogP contribution < -0.4 is 14.8 Å². The summed E-state index contributed by atoms with van der Waals surface area (Å²) in [6.07, 6.45) is 1.37. The highest BCUT2D eigenvalue weighted by Gasteiger charge is 2.49. The highest BCUT2D eigenvalue weighted by Crippen LogP contribution is 2.36. The van der Waals surface area contributed by atoms with Gasteiger partial charge in [-0.2, -0.15) is 5.10 Å². The van der Waals surface area contributed by atoms with E-state index in [1.165, 1.54) is 13.3 Å². The maximum absolute atomic E-state index is 12.8. The number of nitrogens with zero attached hydrogens (tertiary/aromatic N) is 2. The third kappa shape index (κ3) is 3.53. The summed E-state index contributed by atoms with van der Waals surface area (Å²) in [5.41, 5.74) is 0.0557. The summed E-state index contributed by atoms with van der Waals surface area (Å²) in [5, 5.41) is 7.91. The molecule has 0 unspecified atom stereocenters. The van der Waals surface area contributed by atoms with Crippen molar-refractivity contribution in [3.63, 3.8) is 0 Å². The maximum atomic E-state index is 12.8. The summed E-state index contributed by atoms with van der Waals surface area (Å²) in [6, 6.07) is 11.7. The van der Waals surface area contributed by atoms with Crippen LogP contribution in [0.25, 0.3) is 0 Å². The van der Waals surface area contributed by atoms with Crippen LogP contribution >= 0.6 is 11.6 Å². The third-order valence-corrected chi connectivity index (χ3v) is 4.66. The topological polar surface area (TPSA) is 80.2 Å². The fraction of sp³-hybridized carbons (Fsp3) is 0.250. The number of hydrogen-bond acceptors (Lipinski definition) is 5. The normalized spacial score (nSPS) is 19.2. The van der Waals surface area contributed by atoms with Gasteiger partial charge in [0.25, 0.3) is 5.91 Å². The SMILES string of the molecule is CCOc1c(Cl)cc(/C=N\N2C(=O)N[C@](C)(c3ccccc3)C2=O)cc1OC.